The van der Waals surface area contributed by atoms with Crippen molar-refractivity contribution < 1.29 is 23.9 Å². The number of ether oxygens (including phenoxy) is 2. The van der Waals surface area contributed by atoms with E-state index < -0.39 is 11.9 Å². The molecule has 0 saturated carbocycles. The number of cyclic esters (lactones) is 2. The summed E-state index contributed by atoms with van der Waals surface area (Å²) in [5, 5.41) is 0. The Hall–Kier alpha value is -2.43. The van der Waals surface area contributed by atoms with Crippen LogP contribution in [0.4, 0.5) is 0 Å². The Morgan fingerprint density at radius 2 is 1.76 bits per heavy atom. The lowest BCUT2D eigenvalue weighted by Gasteiger charge is -1.86. The van der Waals surface area contributed by atoms with E-state index in [1.165, 1.54) is 6.08 Å². The van der Waals surface area contributed by atoms with E-state index >= 15 is 0 Å². The van der Waals surface area contributed by atoms with E-state index in [2.05, 4.69) is 29.2 Å². The summed E-state index contributed by atoms with van der Waals surface area (Å²) >= 11 is 0. The fourth-order valence-corrected chi connectivity index (χ4v) is 0.561. The van der Waals surface area contributed by atoms with Gasteiger partial charge < -0.3 is 9.47 Å². The maximum Gasteiger partial charge on any atom is 0.338 e. The normalized spacial score (nSPS) is 11.8. The van der Waals surface area contributed by atoms with Crippen LogP contribution in [-0.2, 0) is 23.9 Å². The Morgan fingerprint density at radius 1 is 1.29 bits per heavy atom. The van der Waals surface area contributed by atoms with Crippen molar-refractivity contribution in [1.29, 1.82) is 0 Å². The first-order valence-corrected chi connectivity index (χ1v) is 4.48. The predicted octanol–water partition coefficient (Wildman–Crippen LogP) is 1.68. The smallest absolute Gasteiger partial charge is 0.338 e. The van der Waals surface area contributed by atoms with Crippen LogP contribution in [0, 0.1) is 0 Å². The molecule has 0 atom stereocenters. The Kier molecular flexibility index (Phi) is 11.6. The van der Waals surface area contributed by atoms with Crippen LogP contribution in [0.25, 0.3) is 0 Å². The Morgan fingerprint density at radius 3 is 2.00 bits per heavy atom. The van der Waals surface area contributed by atoms with Crippen LogP contribution in [0.1, 0.15) is 6.92 Å². The van der Waals surface area contributed by atoms with Gasteiger partial charge in [0.05, 0.1) is 6.26 Å². The molecule has 0 aromatic heterocycles. The first-order valence-electron chi connectivity index (χ1n) is 4.48. The number of hydrogen-bond acceptors (Lipinski definition) is 5. The second-order valence-corrected chi connectivity index (χ2v) is 2.18. The summed E-state index contributed by atoms with van der Waals surface area (Å²) in [6.45, 7) is 10.9. The lowest BCUT2D eigenvalue weighted by Crippen LogP contribution is -1.96. The minimum absolute atomic E-state index is 0.387. The second-order valence-electron chi connectivity index (χ2n) is 2.18. The van der Waals surface area contributed by atoms with Crippen LogP contribution in [0.5, 0.6) is 0 Å². The highest BCUT2D eigenvalue weighted by molar-refractivity contribution is 6.04. The Balaban J connectivity index is 0. The summed E-state index contributed by atoms with van der Waals surface area (Å²) in [5.41, 5.74) is 0. The summed E-state index contributed by atoms with van der Waals surface area (Å²) in [4.78, 5) is 30.1. The molecule has 17 heavy (non-hydrogen) atoms. The third-order valence-electron chi connectivity index (χ3n) is 1.06. The minimum Gasteiger partial charge on any atom is -0.432 e. The van der Waals surface area contributed by atoms with E-state index in [0.717, 1.165) is 18.4 Å². The van der Waals surface area contributed by atoms with Gasteiger partial charge in [-0.2, -0.15) is 0 Å². The van der Waals surface area contributed by atoms with E-state index in [9.17, 15) is 14.4 Å². The van der Waals surface area contributed by atoms with Gasteiger partial charge in [0.2, 0.25) is 0 Å². The predicted molar refractivity (Wildman–Crippen MR) is 62.6 cm³/mol. The van der Waals surface area contributed by atoms with Crippen molar-refractivity contribution in [1.82, 2.24) is 0 Å². The number of carbonyl (C=O) groups is 3. The molecule has 0 aromatic rings. The third kappa shape index (κ3) is 11.5. The molecule has 0 radical (unpaired) electrons. The molecule has 1 heterocycles. The Labute approximate surface area is 99.7 Å². The first kappa shape index (κ1) is 17.0. The van der Waals surface area contributed by atoms with Crippen molar-refractivity contribution in [3.05, 3.63) is 50.3 Å². The molecular weight excluding hydrogens is 224 g/mol. The van der Waals surface area contributed by atoms with Gasteiger partial charge in [0.25, 0.3) is 0 Å². The molecule has 0 amide bonds. The van der Waals surface area contributed by atoms with Crippen LogP contribution in [0.2, 0.25) is 0 Å². The lowest BCUT2D eigenvalue weighted by atomic mass is 10.5. The highest BCUT2D eigenvalue weighted by Crippen LogP contribution is 1.92. The van der Waals surface area contributed by atoms with Crippen LogP contribution in [0.3, 0.4) is 0 Å². The van der Waals surface area contributed by atoms with Gasteiger partial charge in [-0.25, -0.2) is 14.4 Å². The molecule has 0 unspecified atom stereocenters. The quantitative estimate of drug-likeness (QED) is 0.241. The van der Waals surface area contributed by atoms with Crippen molar-refractivity contribution in [2.24, 2.45) is 0 Å². The van der Waals surface area contributed by atoms with Gasteiger partial charge in [-0.3, -0.25) is 0 Å². The molecule has 1 aliphatic heterocycles. The highest BCUT2D eigenvalue weighted by Gasteiger charge is 2.10. The van der Waals surface area contributed by atoms with Gasteiger partial charge in [-0.15, -0.1) is 13.2 Å². The zero-order chi connectivity index (χ0) is 13.7. The fraction of sp³-hybridized carbons (Fsp3) is 0.0833. The Bertz CT molecular complexity index is 323. The molecule has 0 N–H and O–H groups in total. The minimum atomic E-state index is -0.579. The molecule has 5 heteroatoms. The van der Waals surface area contributed by atoms with Crippen molar-refractivity contribution in [3.63, 3.8) is 0 Å². The van der Waals surface area contributed by atoms with E-state index in [4.69, 9.17) is 0 Å². The third-order valence-corrected chi connectivity index (χ3v) is 1.06. The van der Waals surface area contributed by atoms with Crippen LogP contribution in [0.15, 0.2) is 50.3 Å². The summed E-state index contributed by atoms with van der Waals surface area (Å²) in [6.07, 6.45) is 6.19. The average Bonchev–Trinajstić information content (AvgIpc) is 2.67. The van der Waals surface area contributed by atoms with Crippen LogP contribution < -0.4 is 0 Å². The van der Waals surface area contributed by atoms with Crippen molar-refractivity contribution in [2.75, 3.05) is 0 Å². The lowest BCUT2D eigenvalue weighted by molar-refractivity contribution is -0.150. The van der Waals surface area contributed by atoms with Gasteiger partial charge in [0.15, 0.2) is 0 Å². The van der Waals surface area contributed by atoms with Crippen molar-refractivity contribution >= 4 is 17.9 Å². The number of carbonyl (C=O) groups excluding carboxylic acids is 3. The summed E-state index contributed by atoms with van der Waals surface area (Å²) in [5.74, 6) is -1.54. The van der Waals surface area contributed by atoms with Crippen LogP contribution >= 0.6 is 0 Å². The zero-order valence-electron chi connectivity index (χ0n) is 9.55. The van der Waals surface area contributed by atoms with Gasteiger partial charge in [-0.1, -0.05) is 12.7 Å². The van der Waals surface area contributed by atoms with Gasteiger partial charge in [0, 0.05) is 18.2 Å². The molecule has 5 nitrogen and oxygen atoms in total. The highest BCUT2D eigenvalue weighted by atomic mass is 16.6. The van der Waals surface area contributed by atoms with Gasteiger partial charge in [-0.05, 0) is 6.92 Å². The summed E-state index contributed by atoms with van der Waals surface area (Å²) < 4.78 is 8.29. The molecule has 0 spiro atoms. The molecule has 1 aliphatic rings. The van der Waals surface area contributed by atoms with Gasteiger partial charge >= 0.3 is 17.9 Å². The SMILES string of the molecule is C=C.C=COC(=O)/C=C/C.O=C1C=CC(=O)O1. The number of esters is 3. The van der Waals surface area contributed by atoms with Crippen LogP contribution in [-0.4, -0.2) is 17.9 Å². The van der Waals surface area contributed by atoms with E-state index in [1.807, 2.05) is 0 Å². The maximum absolute atomic E-state index is 10.3. The molecule has 0 aromatic carbocycles. The number of hydrogen-bond donors (Lipinski definition) is 0. The molecule has 0 saturated heterocycles. The number of allylic oxidation sites excluding steroid dienone is 1. The molecular formula is C12H14O5. The van der Waals surface area contributed by atoms with E-state index in [0.29, 0.717) is 0 Å². The van der Waals surface area contributed by atoms with E-state index in [1.54, 1.807) is 13.0 Å². The number of rotatable bonds is 2. The monoisotopic (exact) mass is 238 g/mol. The topological polar surface area (TPSA) is 69.7 Å². The van der Waals surface area contributed by atoms with Crippen molar-refractivity contribution in [3.8, 4) is 0 Å². The summed E-state index contributed by atoms with van der Waals surface area (Å²) in [6, 6.07) is 0. The first-order chi connectivity index (χ1) is 8.10. The molecule has 92 valence electrons. The standard InChI is InChI=1S/C6H8O2.C4H2O3.C2H4/c1-3-5-6(7)8-4-2;5-3-1-2-4(6)7-3;1-2/h3-5H,2H2,1H3;1-2H;1-2H2/b5-3+;;. The second kappa shape index (κ2) is 11.6. The molecule has 1 rings (SSSR count). The molecule has 0 aliphatic carbocycles. The summed E-state index contributed by atoms with van der Waals surface area (Å²) in [7, 11) is 0. The van der Waals surface area contributed by atoms with Crippen molar-refractivity contribution in [2.45, 2.75) is 6.92 Å². The van der Waals surface area contributed by atoms with E-state index in [-0.39, 0.29) is 5.97 Å². The largest absolute Gasteiger partial charge is 0.432 e. The molecule has 0 fully saturated rings. The average molecular weight is 238 g/mol. The zero-order valence-corrected chi connectivity index (χ0v) is 9.55. The maximum atomic E-state index is 10.3. The fourth-order valence-electron chi connectivity index (χ4n) is 0.561. The molecule has 0 bridgehead atoms. The van der Waals surface area contributed by atoms with Gasteiger partial charge in [0.1, 0.15) is 0 Å².